The molecule has 0 amide bonds. The molecule has 0 spiro atoms. The number of anilines is 2. The van der Waals surface area contributed by atoms with Gasteiger partial charge in [0, 0.05) is 32.4 Å². The Hall–Kier alpha value is -2.64. The van der Waals surface area contributed by atoms with Crippen molar-refractivity contribution in [3.63, 3.8) is 0 Å². The predicted octanol–water partition coefficient (Wildman–Crippen LogP) is 1.39. The lowest BCUT2D eigenvalue weighted by Crippen LogP contribution is -2.44. The largest absolute Gasteiger partial charge is 0.467 e. The molecule has 2 aromatic rings. The average Bonchev–Trinajstić information content (AvgIpc) is 2.67. The lowest BCUT2D eigenvalue weighted by Gasteiger charge is -2.37. The van der Waals surface area contributed by atoms with Crippen molar-refractivity contribution < 1.29 is 9.47 Å². The second-order valence-corrected chi connectivity index (χ2v) is 5.63. The molecule has 0 aliphatic carbocycles. The van der Waals surface area contributed by atoms with Crippen molar-refractivity contribution in [2.45, 2.75) is 18.9 Å². The van der Waals surface area contributed by atoms with Crippen molar-refractivity contribution in [1.82, 2.24) is 19.9 Å². The molecule has 8 heteroatoms. The normalized spacial score (nSPS) is 15.2. The molecule has 1 aliphatic heterocycles. The number of hydrogen-bond acceptors (Lipinski definition) is 8. The van der Waals surface area contributed by atoms with Crippen molar-refractivity contribution in [1.29, 1.82) is 0 Å². The topological polar surface area (TPSA) is 76.5 Å². The van der Waals surface area contributed by atoms with Gasteiger partial charge in [0.2, 0.25) is 5.95 Å². The molecule has 0 radical (unpaired) electrons. The molecule has 3 rings (SSSR count). The van der Waals surface area contributed by atoms with Crippen molar-refractivity contribution in [3.8, 4) is 12.0 Å². The number of ether oxygens (including phenoxy) is 2. The fourth-order valence-corrected chi connectivity index (χ4v) is 2.85. The van der Waals surface area contributed by atoms with Gasteiger partial charge in [-0.2, -0.15) is 9.97 Å². The van der Waals surface area contributed by atoms with Crippen LogP contribution in [-0.2, 0) is 0 Å². The minimum absolute atomic E-state index is 0.268. The number of nitrogens with zero attached hydrogens (tertiary/aromatic N) is 6. The second kappa shape index (κ2) is 7.29. The van der Waals surface area contributed by atoms with Crippen LogP contribution in [-0.4, -0.2) is 60.3 Å². The van der Waals surface area contributed by atoms with Gasteiger partial charge in [0.1, 0.15) is 5.82 Å². The van der Waals surface area contributed by atoms with Gasteiger partial charge < -0.3 is 19.3 Å². The molecule has 0 unspecified atom stereocenters. The van der Waals surface area contributed by atoms with Crippen LogP contribution in [0.2, 0.25) is 0 Å². The first kappa shape index (κ1) is 16.2. The standard InChI is InChI=1S/C16H22N6O2/c1-21(13-6-4-5-9-17-13)12-7-10-22(11-8-12)14-18-15(23-2)20-16(19-14)24-3/h4-6,9,12H,7-8,10-11H2,1-3H3. The molecular weight excluding hydrogens is 308 g/mol. The fourth-order valence-electron chi connectivity index (χ4n) is 2.85. The first-order valence-corrected chi connectivity index (χ1v) is 7.94. The lowest BCUT2D eigenvalue weighted by molar-refractivity contribution is 0.338. The van der Waals surface area contributed by atoms with E-state index < -0.39 is 0 Å². The van der Waals surface area contributed by atoms with Crippen LogP contribution in [0.5, 0.6) is 12.0 Å². The SMILES string of the molecule is COc1nc(OC)nc(N2CCC(N(C)c3ccccn3)CC2)n1. The maximum absolute atomic E-state index is 5.12. The Kier molecular flexibility index (Phi) is 4.93. The van der Waals surface area contributed by atoms with Crippen molar-refractivity contribution in [2.24, 2.45) is 0 Å². The highest BCUT2D eigenvalue weighted by molar-refractivity contribution is 5.39. The first-order chi connectivity index (χ1) is 11.7. The molecule has 8 nitrogen and oxygen atoms in total. The van der Waals surface area contributed by atoms with Gasteiger partial charge in [-0.25, -0.2) is 4.98 Å². The summed E-state index contributed by atoms with van der Waals surface area (Å²) < 4.78 is 10.2. The molecule has 24 heavy (non-hydrogen) atoms. The Morgan fingerprint density at radius 2 is 1.71 bits per heavy atom. The Morgan fingerprint density at radius 1 is 1.04 bits per heavy atom. The zero-order valence-electron chi connectivity index (χ0n) is 14.2. The van der Waals surface area contributed by atoms with Gasteiger partial charge in [-0.3, -0.25) is 0 Å². The van der Waals surface area contributed by atoms with Gasteiger partial charge in [0.05, 0.1) is 14.2 Å². The average molecular weight is 330 g/mol. The molecule has 1 aliphatic rings. The van der Waals surface area contributed by atoms with Crippen LogP contribution in [0.25, 0.3) is 0 Å². The molecule has 128 valence electrons. The highest BCUT2D eigenvalue weighted by Gasteiger charge is 2.25. The molecule has 1 fully saturated rings. The molecule has 1 saturated heterocycles. The number of piperidine rings is 1. The van der Waals surface area contributed by atoms with Gasteiger partial charge in [-0.15, -0.1) is 4.98 Å². The third-order valence-electron chi connectivity index (χ3n) is 4.25. The van der Waals surface area contributed by atoms with Crippen molar-refractivity contribution in [2.75, 3.05) is 44.2 Å². The van der Waals surface area contributed by atoms with E-state index in [0.29, 0.717) is 12.0 Å². The zero-order chi connectivity index (χ0) is 16.9. The summed E-state index contributed by atoms with van der Waals surface area (Å²) in [6, 6.07) is 6.96. The van der Waals surface area contributed by atoms with E-state index in [4.69, 9.17) is 9.47 Å². The van der Waals surface area contributed by atoms with Crippen LogP contribution in [0, 0.1) is 0 Å². The molecule has 0 aromatic carbocycles. The monoisotopic (exact) mass is 330 g/mol. The minimum Gasteiger partial charge on any atom is -0.467 e. The summed E-state index contributed by atoms with van der Waals surface area (Å²) in [6.45, 7) is 1.72. The number of aromatic nitrogens is 4. The maximum atomic E-state index is 5.12. The molecule has 3 heterocycles. The van der Waals surface area contributed by atoms with Gasteiger partial charge in [0.25, 0.3) is 0 Å². The lowest BCUT2D eigenvalue weighted by atomic mass is 10.0. The Morgan fingerprint density at radius 3 is 2.25 bits per heavy atom. The Labute approximate surface area is 141 Å². The van der Waals surface area contributed by atoms with Gasteiger partial charge in [0.15, 0.2) is 0 Å². The number of methoxy groups -OCH3 is 2. The van der Waals surface area contributed by atoms with E-state index in [2.05, 4.69) is 36.8 Å². The molecule has 2 aromatic heterocycles. The second-order valence-electron chi connectivity index (χ2n) is 5.63. The maximum Gasteiger partial charge on any atom is 0.324 e. The zero-order valence-corrected chi connectivity index (χ0v) is 14.2. The van der Waals surface area contributed by atoms with E-state index in [1.54, 1.807) is 0 Å². The van der Waals surface area contributed by atoms with Crippen LogP contribution in [0.4, 0.5) is 11.8 Å². The van der Waals surface area contributed by atoms with Gasteiger partial charge in [-0.1, -0.05) is 6.07 Å². The molecular formula is C16H22N6O2. The summed E-state index contributed by atoms with van der Waals surface area (Å²) in [5, 5.41) is 0. The quantitative estimate of drug-likeness (QED) is 0.814. The van der Waals surface area contributed by atoms with Gasteiger partial charge >= 0.3 is 12.0 Å². The summed E-state index contributed by atoms with van der Waals surface area (Å²) >= 11 is 0. The van der Waals surface area contributed by atoms with E-state index in [9.17, 15) is 0 Å². The van der Waals surface area contributed by atoms with E-state index in [1.165, 1.54) is 14.2 Å². The van der Waals surface area contributed by atoms with Crippen molar-refractivity contribution >= 4 is 11.8 Å². The van der Waals surface area contributed by atoms with Gasteiger partial charge in [-0.05, 0) is 25.0 Å². The highest BCUT2D eigenvalue weighted by atomic mass is 16.5. The summed E-state index contributed by atoms with van der Waals surface area (Å²) in [4.78, 5) is 21.5. The Bertz CT molecular complexity index is 639. The third kappa shape index (κ3) is 3.47. The first-order valence-electron chi connectivity index (χ1n) is 7.94. The van der Waals surface area contributed by atoms with Crippen LogP contribution < -0.4 is 19.3 Å². The van der Waals surface area contributed by atoms with Crippen molar-refractivity contribution in [3.05, 3.63) is 24.4 Å². The van der Waals surface area contributed by atoms with Crippen LogP contribution >= 0.6 is 0 Å². The molecule has 0 N–H and O–H groups in total. The van der Waals surface area contributed by atoms with E-state index in [1.807, 2.05) is 24.4 Å². The summed E-state index contributed by atoms with van der Waals surface area (Å²) in [7, 11) is 5.16. The fraction of sp³-hybridized carbons (Fsp3) is 0.500. The van der Waals surface area contributed by atoms with E-state index in [0.717, 1.165) is 31.7 Å². The number of hydrogen-bond donors (Lipinski definition) is 0. The molecule has 0 bridgehead atoms. The predicted molar refractivity (Wildman–Crippen MR) is 90.8 cm³/mol. The van der Waals surface area contributed by atoms with E-state index >= 15 is 0 Å². The third-order valence-corrected chi connectivity index (χ3v) is 4.25. The highest BCUT2D eigenvalue weighted by Crippen LogP contribution is 2.24. The minimum atomic E-state index is 0.268. The van der Waals surface area contributed by atoms with Crippen LogP contribution in [0.1, 0.15) is 12.8 Å². The van der Waals surface area contributed by atoms with Crippen LogP contribution in [0.3, 0.4) is 0 Å². The summed E-state index contributed by atoms with van der Waals surface area (Å²) in [5.41, 5.74) is 0. The van der Waals surface area contributed by atoms with Crippen LogP contribution in [0.15, 0.2) is 24.4 Å². The summed E-state index contributed by atoms with van der Waals surface area (Å²) in [6.07, 6.45) is 3.83. The molecule has 0 saturated carbocycles. The number of rotatable bonds is 5. The number of pyridine rings is 1. The Balaban J connectivity index is 1.67. The summed E-state index contributed by atoms with van der Waals surface area (Å²) in [5.74, 6) is 1.59. The molecule has 0 atom stereocenters. The van der Waals surface area contributed by atoms with E-state index in [-0.39, 0.29) is 12.0 Å². The smallest absolute Gasteiger partial charge is 0.324 e.